The largest absolute Gasteiger partial charge is 0.444 e. The number of halogens is 1. The summed E-state index contributed by atoms with van der Waals surface area (Å²) in [4.78, 5) is 14.1. The van der Waals surface area contributed by atoms with Crippen LogP contribution in [0.5, 0.6) is 0 Å². The van der Waals surface area contributed by atoms with Crippen LogP contribution in [0.25, 0.3) is 0 Å². The van der Waals surface area contributed by atoms with Crippen molar-refractivity contribution in [2.45, 2.75) is 45.3 Å². The van der Waals surface area contributed by atoms with Crippen LogP contribution in [-0.2, 0) is 4.74 Å². The Balaban J connectivity index is 1.82. The highest BCUT2D eigenvalue weighted by atomic mass is 79.9. The molecule has 1 unspecified atom stereocenters. The molecule has 1 atom stereocenters. The summed E-state index contributed by atoms with van der Waals surface area (Å²) >= 11 is 3.48. The number of hydrogen-bond donors (Lipinski definition) is 1. The Hall–Kier alpha value is -1.07. The number of nitrogens with zero attached hydrogens (tertiary/aromatic N) is 1. The van der Waals surface area contributed by atoms with Gasteiger partial charge < -0.3 is 10.1 Å². The number of likely N-dealkylation sites (tertiary alicyclic amines) is 1. The summed E-state index contributed by atoms with van der Waals surface area (Å²) in [6.07, 6.45) is 2.04. The molecule has 22 heavy (non-hydrogen) atoms. The lowest BCUT2D eigenvalue weighted by atomic mass is 10.0. The molecule has 2 rings (SSSR count). The lowest BCUT2D eigenvalue weighted by Crippen LogP contribution is -2.37. The zero-order valence-corrected chi connectivity index (χ0v) is 15.1. The van der Waals surface area contributed by atoms with E-state index in [0.717, 1.165) is 17.6 Å². The SMILES string of the molecule is CC(C)(C)OC(=O)NCCN1CCCC1c1ccc(Br)cc1. The van der Waals surface area contributed by atoms with Crippen molar-refractivity contribution in [1.82, 2.24) is 10.2 Å². The fraction of sp³-hybridized carbons (Fsp3) is 0.588. The summed E-state index contributed by atoms with van der Waals surface area (Å²) in [6, 6.07) is 8.98. The van der Waals surface area contributed by atoms with Crippen molar-refractivity contribution in [2.24, 2.45) is 0 Å². The molecule has 0 radical (unpaired) electrons. The molecule has 1 aliphatic rings. The maximum atomic E-state index is 11.7. The molecule has 0 spiro atoms. The van der Waals surface area contributed by atoms with Crippen molar-refractivity contribution < 1.29 is 9.53 Å². The van der Waals surface area contributed by atoms with Gasteiger partial charge in [0.2, 0.25) is 0 Å². The summed E-state index contributed by atoms with van der Waals surface area (Å²) in [5.41, 5.74) is 0.899. The molecule has 0 saturated carbocycles. The van der Waals surface area contributed by atoms with Crippen molar-refractivity contribution in [3.05, 3.63) is 34.3 Å². The van der Waals surface area contributed by atoms with E-state index in [-0.39, 0.29) is 6.09 Å². The summed E-state index contributed by atoms with van der Waals surface area (Å²) in [7, 11) is 0. The van der Waals surface area contributed by atoms with Gasteiger partial charge in [-0.3, -0.25) is 4.90 Å². The predicted molar refractivity (Wildman–Crippen MR) is 91.9 cm³/mol. The molecule has 1 aromatic carbocycles. The Morgan fingerprint density at radius 1 is 1.36 bits per heavy atom. The van der Waals surface area contributed by atoms with Gasteiger partial charge in [-0.05, 0) is 57.9 Å². The molecule has 122 valence electrons. The number of alkyl carbamates (subject to hydrolysis) is 1. The van der Waals surface area contributed by atoms with Gasteiger partial charge in [0, 0.05) is 23.6 Å². The lowest BCUT2D eigenvalue weighted by molar-refractivity contribution is 0.0521. The van der Waals surface area contributed by atoms with Crippen LogP contribution in [0.4, 0.5) is 4.79 Å². The van der Waals surface area contributed by atoms with Gasteiger partial charge in [-0.1, -0.05) is 28.1 Å². The van der Waals surface area contributed by atoms with E-state index < -0.39 is 5.60 Å². The van der Waals surface area contributed by atoms with Gasteiger partial charge in [0.15, 0.2) is 0 Å². The molecular formula is C17H25BrN2O2. The van der Waals surface area contributed by atoms with Crippen molar-refractivity contribution in [2.75, 3.05) is 19.6 Å². The molecule has 1 saturated heterocycles. The highest BCUT2D eigenvalue weighted by Crippen LogP contribution is 2.31. The molecular weight excluding hydrogens is 344 g/mol. The third kappa shape index (κ3) is 5.29. The zero-order chi connectivity index (χ0) is 16.2. The van der Waals surface area contributed by atoms with E-state index in [1.54, 1.807) is 0 Å². The van der Waals surface area contributed by atoms with Crippen LogP contribution in [0.1, 0.15) is 45.2 Å². The second kappa shape index (κ2) is 7.47. The number of benzene rings is 1. The van der Waals surface area contributed by atoms with Crippen LogP contribution >= 0.6 is 15.9 Å². The second-order valence-electron chi connectivity index (χ2n) is 6.67. The molecule has 0 bridgehead atoms. The average Bonchev–Trinajstić information content (AvgIpc) is 2.86. The summed E-state index contributed by atoms with van der Waals surface area (Å²) in [5.74, 6) is 0. The van der Waals surface area contributed by atoms with E-state index in [0.29, 0.717) is 12.6 Å². The van der Waals surface area contributed by atoms with Crippen LogP contribution in [0.2, 0.25) is 0 Å². The highest BCUT2D eigenvalue weighted by molar-refractivity contribution is 9.10. The molecule has 1 heterocycles. The quantitative estimate of drug-likeness (QED) is 0.869. The third-order valence-electron chi connectivity index (χ3n) is 3.69. The van der Waals surface area contributed by atoms with E-state index >= 15 is 0 Å². The Kier molecular flexibility index (Phi) is 5.87. The van der Waals surface area contributed by atoms with Gasteiger partial charge in [-0.25, -0.2) is 4.79 Å². The fourth-order valence-electron chi connectivity index (χ4n) is 2.77. The van der Waals surface area contributed by atoms with Gasteiger partial charge in [0.25, 0.3) is 0 Å². The first kappa shape index (κ1) is 17.3. The number of carbonyl (C=O) groups excluding carboxylic acids is 1. The van der Waals surface area contributed by atoms with E-state index in [9.17, 15) is 4.79 Å². The van der Waals surface area contributed by atoms with Gasteiger partial charge in [0.05, 0.1) is 0 Å². The normalized spacial score (nSPS) is 19.2. The maximum absolute atomic E-state index is 11.7. The number of hydrogen-bond acceptors (Lipinski definition) is 3. The monoisotopic (exact) mass is 368 g/mol. The zero-order valence-electron chi connectivity index (χ0n) is 13.6. The summed E-state index contributed by atoms with van der Waals surface area (Å²) in [5, 5.41) is 2.84. The van der Waals surface area contributed by atoms with E-state index in [1.165, 1.54) is 18.4 Å². The summed E-state index contributed by atoms with van der Waals surface area (Å²) in [6.45, 7) is 8.16. The molecule has 1 amide bonds. The lowest BCUT2D eigenvalue weighted by Gasteiger charge is -2.25. The Labute approximate surface area is 141 Å². The van der Waals surface area contributed by atoms with Crippen molar-refractivity contribution in [3.63, 3.8) is 0 Å². The second-order valence-corrected chi connectivity index (χ2v) is 7.59. The maximum Gasteiger partial charge on any atom is 0.407 e. The van der Waals surface area contributed by atoms with Gasteiger partial charge >= 0.3 is 6.09 Å². The molecule has 0 aliphatic carbocycles. The molecule has 5 heteroatoms. The first-order chi connectivity index (χ1) is 10.3. The highest BCUT2D eigenvalue weighted by Gasteiger charge is 2.25. The van der Waals surface area contributed by atoms with Crippen molar-refractivity contribution >= 4 is 22.0 Å². The first-order valence-corrected chi connectivity index (χ1v) is 8.61. The van der Waals surface area contributed by atoms with Crippen LogP contribution < -0.4 is 5.32 Å². The third-order valence-corrected chi connectivity index (χ3v) is 4.21. The Morgan fingerprint density at radius 2 is 2.05 bits per heavy atom. The number of ether oxygens (including phenoxy) is 1. The van der Waals surface area contributed by atoms with Gasteiger partial charge in [-0.2, -0.15) is 0 Å². The minimum absolute atomic E-state index is 0.341. The molecule has 1 aromatic rings. The minimum atomic E-state index is -0.447. The van der Waals surface area contributed by atoms with Crippen LogP contribution in [0.3, 0.4) is 0 Å². The van der Waals surface area contributed by atoms with Gasteiger partial charge in [0.1, 0.15) is 5.60 Å². The molecule has 1 fully saturated rings. The van der Waals surface area contributed by atoms with Crippen LogP contribution in [-0.4, -0.2) is 36.2 Å². The number of carbonyl (C=O) groups is 1. The van der Waals surface area contributed by atoms with E-state index in [1.807, 2.05) is 20.8 Å². The minimum Gasteiger partial charge on any atom is -0.444 e. The van der Waals surface area contributed by atoms with Crippen molar-refractivity contribution in [3.8, 4) is 0 Å². The van der Waals surface area contributed by atoms with Crippen LogP contribution in [0.15, 0.2) is 28.7 Å². The number of amides is 1. The topological polar surface area (TPSA) is 41.6 Å². The predicted octanol–water partition coefficient (Wildman–Crippen LogP) is 4.11. The molecule has 1 aliphatic heterocycles. The summed E-state index contributed by atoms with van der Waals surface area (Å²) < 4.78 is 6.36. The first-order valence-electron chi connectivity index (χ1n) is 7.81. The van der Waals surface area contributed by atoms with Crippen molar-refractivity contribution in [1.29, 1.82) is 0 Å². The standard InChI is InChI=1S/C17H25BrN2O2/c1-17(2,3)22-16(21)19-10-12-20-11-4-5-15(20)13-6-8-14(18)9-7-13/h6-9,15H,4-5,10-12H2,1-3H3,(H,19,21). The smallest absolute Gasteiger partial charge is 0.407 e. The number of rotatable bonds is 4. The number of nitrogens with one attached hydrogen (secondary N) is 1. The molecule has 1 N–H and O–H groups in total. The average molecular weight is 369 g/mol. The van der Waals surface area contributed by atoms with E-state index in [4.69, 9.17) is 4.74 Å². The fourth-order valence-corrected chi connectivity index (χ4v) is 3.04. The Bertz CT molecular complexity index is 496. The molecule has 4 nitrogen and oxygen atoms in total. The van der Waals surface area contributed by atoms with E-state index in [2.05, 4.69) is 50.4 Å². The molecule has 0 aromatic heterocycles. The Morgan fingerprint density at radius 3 is 2.68 bits per heavy atom. The van der Waals surface area contributed by atoms with Gasteiger partial charge in [-0.15, -0.1) is 0 Å². The van der Waals surface area contributed by atoms with Crippen LogP contribution in [0, 0.1) is 0 Å².